The molecule has 2 aromatic heterocycles. The fraction of sp³-hybridized carbons (Fsp3) is 0.630. The molecule has 0 radical (unpaired) electrons. The summed E-state index contributed by atoms with van der Waals surface area (Å²) in [5.74, 6) is -1.13. The van der Waals surface area contributed by atoms with E-state index in [2.05, 4.69) is 10.4 Å². The molecule has 0 aromatic carbocycles. The molecule has 38 heavy (non-hydrogen) atoms. The van der Waals surface area contributed by atoms with E-state index in [1.807, 2.05) is 13.8 Å². The predicted octanol–water partition coefficient (Wildman–Crippen LogP) is 1.95. The van der Waals surface area contributed by atoms with Gasteiger partial charge in [0.2, 0.25) is 11.8 Å². The van der Waals surface area contributed by atoms with Gasteiger partial charge in [-0.2, -0.15) is 9.61 Å². The fourth-order valence-corrected chi connectivity index (χ4v) is 5.11. The highest BCUT2D eigenvalue weighted by atomic mass is 16.5. The maximum Gasteiger partial charge on any atom is 0.270 e. The molecule has 11 nitrogen and oxygen atoms in total. The van der Waals surface area contributed by atoms with Crippen molar-refractivity contribution in [3.8, 4) is 5.88 Å². The monoisotopic (exact) mass is 527 g/mol. The average molecular weight is 528 g/mol. The Labute approximate surface area is 221 Å². The Morgan fingerprint density at radius 3 is 2.50 bits per heavy atom. The predicted molar refractivity (Wildman–Crippen MR) is 140 cm³/mol. The molecule has 2 aliphatic heterocycles. The van der Waals surface area contributed by atoms with Crippen LogP contribution in [0, 0.1) is 5.92 Å². The van der Waals surface area contributed by atoms with Crippen LogP contribution >= 0.6 is 0 Å². The Kier molecular flexibility index (Phi) is 7.85. The van der Waals surface area contributed by atoms with Gasteiger partial charge in [0.05, 0.1) is 18.4 Å². The van der Waals surface area contributed by atoms with Crippen LogP contribution in [0.5, 0.6) is 5.88 Å². The minimum Gasteiger partial charge on any atom is -0.492 e. The number of carbonyl (C=O) groups excluding carboxylic acids is 2. The summed E-state index contributed by atoms with van der Waals surface area (Å²) in [6, 6.07) is 0.0381. The number of aromatic nitrogens is 3. The number of amides is 2. The molecule has 1 aliphatic carbocycles. The van der Waals surface area contributed by atoms with Crippen molar-refractivity contribution >= 4 is 23.5 Å². The number of piperidine rings is 1. The molecular formula is C27H37N5O6. The summed E-state index contributed by atoms with van der Waals surface area (Å²) in [5, 5.41) is 17.9. The summed E-state index contributed by atoms with van der Waals surface area (Å²) >= 11 is 0. The summed E-state index contributed by atoms with van der Waals surface area (Å²) in [6.45, 7) is 6.97. The van der Waals surface area contributed by atoms with Gasteiger partial charge < -0.3 is 24.8 Å². The quantitative estimate of drug-likeness (QED) is 0.503. The second kappa shape index (κ2) is 11.3. The van der Waals surface area contributed by atoms with Gasteiger partial charge in [-0.15, -0.1) is 0 Å². The van der Waals surface area contributed by atoms with E-state index in [0.717, 1.165) is 51.7 Å². The van der Waals surface area contributed by atoms with Gasteiger partial charge in [-0.05, 0) is 50.5 Å². The lowest BCUT2D eigenvalue weighted by Gasteiger charge is -2.34. The molecule has 2 N–H and O–H groups in total. The zero-order valence-electron chi connectivity index (χ0n) is 22.1. The molecular weight excluding hydrogens is 490 g/mol. The number of likely N-dealkylation sites (tertiary alicyclic amines) is 1. The third-order valence-corrected chi connectivity index (χ3v) is 7.31. The number of nitrogens with one attached hydrogen (secondary N) is 1. The van der Waals surface area contributed by atoms with Gasteiger partial charge in [0, 0.05) is 50.5 Å². The van der Waals surface area contributed by atoms with Crippen LogP contribution in [0.25, 0.3) is 11.7 Å². The number of ether oxygens (including phenoxy) is 2. The second-order valence-electron chi connectivity index (χ2n) is 10.9. The van der Waals surface area contributed by atoms with Crippen molar-refractivity contribution in [1.82, 2.24) is 24.4 Å². The molecule has 4 heterocycles. The number of nitrogens with zero attached hydrogens (tertiary/aromatic N) is 4. The zero-order valence-corrected chi connectivity index (χ0v) is 22.1. The van der Waals surface area contributed by atoms with Crippen LogP contribution in [-0.4, -0.2) is 80.6 Å². The minimum absolute atomic E-state index is 0.0381. The number of carbonyl (C=O) groups is 2. The van der Waals surface area contributed by atoms with E-state index in [4.69, 9.17) is 9.47 Å². The molecule has 11 heteroatoms. The van der Waals surface area contributed by atoms with Crippen molar-refractivity contribution in [3.63, 3.8) is 0 Å². The van der Waals surface area contributed by atoms with Gasteiger partial charge >= 0.3 is 0 Å². The van der Waals surface area contributed by atoms with Gasteiger partial charge in [-0.1, -0.05) is 13.8 Å². The Balaban J connectivity index is 1.32. The molecule has 3 fully saturated rings. The molecule has 0 unspecified atom stereocenters. The molecule has 0 spiro atoms. The third-order valence-electron chi connectivity index (χ3n) is 7.31. The van der Waals surface area contributed by atoms with Crippen LogP contribution in [0.15, 0.2) is 17.1 Å². The average Bonchev–Trinajstić information content (AvgIpc) is 3.61. The molecule has 1 saturated carbocycles. The first-order chi connectivity index (χ1) is 18.3. The molecule has 0 atom stereocenters. The Hall–Kier alpha value is -3.18. The van der Waals surface area contributed by atoms with E-state index in [1.165, 1.54) is 21.4 Å². The first-order valence-electron chi connectivity index (χ1n) is 13.7. The van der Waals surface area contributed by atoms with Crippen LogP contribution in [-0.2, 0) is 20.8 Å². The summed E-state index contributed by atoms with van der Waals surface area (Å²) in [6.07, 6.45) is 10.1. The van der Waals surface area contributed by atoms with Crippen LogP contribution in [0.2, 0.25) is 0 Å². The van der Waals surface area contributed by atoms with Gasteiger partial charge in [-0.3, -0.25) is 19.0 Å². The van der Waals surface area contributed by atoms with Gasteiger partial charge in [0.25, 0.3) is 11.5 Å². The molecule has 206 valence electrons. The van der Waals surface area contributed by atoms with Crippen LogP contribution < -0.4 is 10.9 Å². The molecule has 2 aromatic rings. The van der Waals surface area contributed by atoms with Crippen molar-refractivity contribution in [2.45, 2.75) is 77.2 Å². The number of fused-ring (bicyclic) bond motifs is 1. The summed E-state index contributed by atoms with van der Waals surface area (Å²) in [7, 11) is 0. The van der Waals surface area contributed by atoms with Crippen molar-refractivity contribution in [1.29, 1.82) is 0 Å². The molecule has 5 rings (SSSR count). The molecule has 2 amide bonds. The maximum absolute atomic E-state index is 13.4. The Morgan fingerprint density at radius 1 is 1.16 bits per heavy atom. The fourth-order valence-electron chi connectivity index (χ4n) is 5.11. The normalized spacial score (nSPS) is 19.6. The smallest absolute Gasteiger partial charge is 0.270 e. The first kappa shape index (κ1) is 26.4. The van der Waals surface area contributed by atoms with E-state index in [1.54, 1.807) is 11.0 Å². The highest BCUT2D eigenvalue weighted by Gasteiger charge is 2.30. The third kappa shape index (κ3) is 5.78. The van der Waals surface area contributed by atoms with Crippen molar-refractivity contribution in [2.75, 3.05) is 26.3 Å². The van der Waals surface area contributed by atoms with E-state index < -0.39 is 17.3 Å². The number of rotatable bonds is 8. The largest absolute Gasteiger partial charge is 0.492 e. The van der Waals surface area contributed by atoms with Crippen molar-refractivity contribution in [3.05, 3.63) is 33.8 Å². The number of hydrogen-bond donors (Lipinski definition) is 2. The standard InChI is InChI=1S/C27H37N5O6/c1-17(2)16-31-25-18(15-28-32(25)27(36)23(26(31)35)24(34)29-19-4-5-19)3-6-22(33)30-11-7-20(8-12-30)38-21-9-13-37-14-10-21/h3,6,15,17,19-21,36H,4-5,7-14,16H2,1-2H3,(H,29,34). The molecule has 2 saturated heterocycles. The summed E-state index contributed by atoms with van der Waals surface area (Å²) < 4.78 is 14.3. The van der Waals surface area contributed by atoms with Crippen molar-refractivity contribution in [2.24, 2.45) is 5.92 Å². The minimum atomic E-state index is -0.596. The van der Waals surface area contributed by atoms with E-state index in [0.29, 0.717) is 30.8 Å². The summed E-state index contributed by atoms with van der Waals surface area (Å²) in [5.41, 5.74) is -0.0318. The van der Waals surface area contributed by atoms with Crippen LogP contribution in [0.3, 0.4) is 0 Å². The Morgan fingerprint density at radius 2 is 1.84 bits per heavy atom. The SMILES string of the molecule is CC(C)Cn1c(=O)c(C(=O)NC2CC2)c(O)n2ncc(C=CC(=O)N3CCC(OC4CCOCC4)CC3)c12. The molecule has 0 bridgehead atoms. The lowest BCUT2D eigenvalue weighted by atomic mass is 10.1. The van der Waals surface area contributed by atoms with Gasteiger partial charge in [0.1, 0.15) is 5.65 Å². The van der Waals surface area contributed by atoms with Crippen LogP contribution in [0.4, 0.5) is 0 Å². The highest BCUT2D eigenvalue weighted by Crippen LogP contribution is 2.24. The Bertz CT molecular complexity index is 1260. The lowest BCUT2D eigenvalue weighted by Crippen LogP contribution is -2.41. The van der Waals surface area contributed by atoms with E-state index in [9.17, 15) is 19.5 Å². The van der Waals surface area contributed by atoms with Gasteiger partial charge in [0.15, 0.2) is 5.56 Å². The summed E-state index contributed by atoms with van der Waals surface area (Å²) in [4.78, 5) is 40.9. The zero-order chi connectivity index (χ0) is 26.8. The number of aromatic hydroxyl groups is 1. The molecule has 3 aliphatic rings. The van der Waals surface area contributed by atoms with E-state index in [-0.39, 0.29) is 35.6 Å². The highest BCUT2D eigenvalue weighted by molar-refractivity contribution is 5.97. The van der Waals surface area contributed by atoms with Crippen LogP contribution in [0.1, 0.15) is 68.3 Å². The van der Waals surface area contributed by atoms with Gasteiger partial charge in [-0.25, -0.2) is 0 Å². The first-order valence-corrected chi connectivity index (χ1v) is 13.7. The second-order valence-corrected chi connectivity index (χ2v) is 10.9. The lowest BCUT2D eigenvalue weighted by molar-refractivity contribution is -0.130. The topological polar surface area (TPSA) is 127 Å². The van der Waals surface area contributed by atoms with E-state index >= 15 is 0 Å². The maximum atomic E-state index is 13.4. The number of hydrogen-bond acceptors (Lipinski definition) is 7. The van der Waals surface area contributed by atoms with Crippen molar-refractivity contribution < 1.29 is 24.2 Å².